The maximum atomic E-state index is 13.3. The lowest BCUT2D eigenvalue weighted by molar-refractivity contribution is -0.116. The van der Waals surface area contributed by atoms with Crippen LogP contribution >= 0.6 is 0 Å². The normalized spacial score (nSPS) is 16.4. The molecule has 4 heterocycles. The molecule has 0 aliphatic carbocycles. The minimum absolute atomic E-state index is 0.0558. The van der Waals surface area contributed by atoms with Crippen molar-refractivity contribution < 1.29 is 19.1 Å². The van der Waals surface area contributed by atoms with Gasteiger partial charge in [0, 0.05) is 55.3 Å². The van der Waals surface area contributed by atoms with Gasteiger partial charge in [-0.2, -0.15) is 0 Å². The molecular weight excluding hydrogens is 482 g/mol. The van der Waals surface area contributed by atoms with E-state index in [0.29, 0.717) is 60.0 Å². The number of para-hydroxylation sites is 1. The molecule has 6 rings (SSSR count). The van der Waals surface area contributed by atoms with Crippen molar-refractivity contribution in [1.29, 1.82) is 0 Å². The van der Waals surface area contributed by atoms with E-state index in [1.807, 2.05) is 36.0 Å². The van der Waals surface area contributed by atoms with Gasteiger partial charge in [0.2, 0.25) is 11.7 Å². The van der Waals surface area contributed by atoms with Crippen LogP contribution in [0.25, 0.3) is 28.2 Å². The summed E-state index contributed by atoms with van der Waals surface area (Å²) in [6, 6.07) is 14.3. The van der Waals surface area contributed by atoms with Crippen molar-refractivity contribution in [1.82, 2.24) is 19.4 Å². The third-order valence-electron chi connectivity index (χ3n) is 6.82. The van der Waals surface area contributed by atoms with Crippen molar-refractivity contribution in [3.05, 3.63) is 83.6 Å². The third kappa shape index (κ3) is 4.06. The Balaban J connectivity index is 1.49. The highest BCUT2D eigenvalue weighted by Crippen LogP contribution is 2.36. The molecule has 2 aliphatic heterocycles. The number of aromatic nitrogens is 3. The molecule has 4 aromatic rings. The summed E-state index contributed by atoms with van der Waals surface area (Å²) >= 11 is 0. The molecule has 0 spiro atoms. The van der Waals surface area contributed by atoms with E-state index in [-0.39, 0.29) is 23.3 Å². The summed E-state index contributed by atoms with van der Waals surface area (Å²) in [5, 5.41) is 0.773. The Bertz CT molecular complexity index is 1650. The lowest BCUT2D eigenvalue weighted by Crippen LogP contribution is -2.40. The zero-order valence-corrected chi connectivity index (χ0v) is 21.0. The number of ether oxygens (including phenoxy) is 1. The van der Waals surface area contributed by atoms with Crippen LogP contribution < -0.4 is 4.90 Å². The number of aryl methyl sites for hydroxylation is 1. The second-order valence-electron chi connectivity index (χ2n) is 9.39. The monoisotopic (exact) mass is 507 g/mol. The summed E-state index contributed by atoms with van der Waals surface area (Å²) in [6.07, 6.45) is 5.24. The summed E-state index contributed by atoms with van der Waals surface area (Å²) in [5.41, 5.74) is 4.49. The Morgan fingerprint density at radius 1 is 1.03 bits per heavy atom. The first-order chi connectivity index (χ1) is 18.4. The maximum Gasteiger partial charge on any atom is 0.254 e. The first-order valence-corrected chi connectivity index (χ1v) is 12.4. The fraction of sp³-hybridized carbons (Fsp3) is 0.207. The Morgan fingerprint density at radius 3 is 2.55 bits per heavy atom. The van der Waals surface area contributed by atoms with E-state index >= 15 is 0 Å². The highest BCUT2D eigenvalue weighted by molar-refractivity contribution is 6.26. The molecule has 0 radical (unpaired) electrons. The Kier molecular flexibility index (Phi) is 5.84. The largest absolute Gasteiger partial charge is 0.378 e. The number of allylic oxidation sites excluding steroid dienone is 1. The lowest BCUT2D eigenvalue weighted by atomic mass is 10.0. The van der Waals surface area contributed by atoms with Crippen molar-refractivity contribution in [3.63, 3.8) is 0 Å². The van der Waals surface area contributed by atoms with Gasteiger partial charge in [0.05, 0.1) is 47.8 Å². The van der Waals surface area contributed by atoms with Crippen molar-refractivity contribution in [2.45, 2.75) is 6.92 Å². The minimum Gasteiger partial charge on any atom is -0.378 e. The highest BCUT2D eigenvalue weighted by atomic mass is 16.5. The molecule has 190 valence electrons. The Morgan fingerprint density at radius 2 is 1.82 bits per heavy atom. The first-order valence-electron chi connectivity index (χ1n) is 12.4. The van der Waals surface area contributed by atoms with Gasteiger partial charge in [-0.25, -0.2) is 9.97 Å². The van der Waals surface area contributed by atoms with Crippen LogP contribution in [0.2, 0.25) is 0 Å². The van der Waals surface area contributed by atoms with E-state index in [0.717, 1.165) is 10.9 Å². The number of fused-ring (bicyclic) bond motifs is 2. The predicted molar refractivity (Wildman–Crippen MR) is 143 cm³/mol. The topological polar surface area (TPSA) is 97.6 Å². The summed E-state index contributed by atoms with van der Waals surface area (Å²) in [7, 11) is 1.88. The lowest BCUT2D eigenvalue weighted by Gasteiger charge is -2.27. The third-order valence-corrected chi connectivity index (χ3v) is 6.82. The van der Waals surface area contributed by atoms with Gasteiger partial charge in [0.1, 0.15) is 0 Å². The number of benzene rings is 2. The summed E-state index contributed by atoms with van der Waals surface area (Å²) in [5.74, 6) is -0.546. The average molecular weight is 508 g/mol. The van der Waals surface area contributed by atoms with E-state index in [1.54, 1.807) is 47.6 Å². The molecule has 0 saturated carbocycles. The maximum absolute atomic E-state index is 13.3. The number of amides is 2. The van der Waals surface area contributed by atoms with Gasteiger partial charge in [-0.05, 0) is 42.5 Å². The van der Waals surface area contributed by atoms with Crippen LogP contribution in [0.4, 0.5) is 5.69 Å². The zero-order valence-electron chi connectivity index (χ0n) is 21.0. The number of ketones is 1. The van der Waals surface area contributed by atoms with Gasteiger partial charge in [-0.3, -0.25) is 19.3 Å². The van der Waals surface area contributed by atoms with Crippen LogP contribution in [0.5, 0.6) is 0 Å². The second kappa shape index (κ2) is 9.35. The van der Waals surface area contributed by atoms with Gasteiger partial charge in [0.15, 0.2) is 0 Å². The smallest absolute Gasteiger partial charge is 0.254 e. The average Bonchev–Trinajstić information content (AvgIpc) is 3.49. The molecule has 9 heteroatoms. The number of nitrogens with zero attached hydrogens (tertiary/aromatic N) is 5. The molecule has 0 bridgehead atoms. The number of Topliss-reactive ketones (excluding diaryl/α,β-unsaturated/α-hetero) is 1. The van der Waals surface area contributed by atoms with Crippen molar-refractivity contribution in [3.8, 4) is 11.3 Å². The fourth-order valence-corrected chi connectivity index (χ4v) is 5.01. The number of carbonyl (C=O) groups excluding carboxylic acids is 3. The van der Waals surface area contributed by atoms with Crippen LogP contribution in [0, 0.1) is 0 Å². The number of carbonyl (C=O) groups is 3. The molecule has 0 atom stereocenters. The van der Waals surface area contributed by atoms with Crippen LogP contribution in [0.3, 0.4) is 0 Å². The molecule has 2 aromatic heterocycles. The van der Waals surface area contributed by atoms with Gasteiger partial charge in [-0.1, -0.05) is 12.1 Å². The summed E-state index contributed by atoms with van der Waals surface area (Å²) in [6.45, 7) is 3.59. The van der Waals surface area contributed by atoms with Crippen LogP contribution in [0.1, 0.15) is 33.3 Å². The Hall–Kier alpha value is -4.63. The number of hydrogen-bond donors (Lipinski definition) is 0. The van der Waals surface area contributed by atoms with Crippen LogP contribution in [0.15, 0.2) is 66.8 Å². The molecular formula is C29H25N5O4. The summed E-state index contributed by atoms with van der Waals surface area (Å²) in [4.78, 5) is 51.5. The standard InChI is InChI=1S/C29H25N5O4/c1-18(35)34-26-6-4-3-5-21(26)28(36)27(34)15-20-14-23(25-16-32(2)17-30-25)22-13-19(7-8-24(22)31-20)29(37)33-9-11-38-12-10-33/h3-8,13-17H,9-12H2,1-2H3/b27-15+. The van der Waals surface area contributed by atoms with Gasteiger partial charge in [-0.15, -0.1) is 0 Å². The number of anilines is 1. The van der Waals surface area contributed by atoms with Gasteiger partial charge < -0.3 is 14.2 Å². The SMILES string of the molecule is CC(=O)N1/C(=C/c2cc(-c3cn(C)cn3)c3cc(C(=O)N4CCOCC4)ccc3n2)C(=O)c2ccccc21. The van der Waals surface area contributed by atoms with E-state index in [1.165, 1.54) is 11.8 Å². The summed E-state index contributed by atoms with van der Waals surface area (Å²) < 4.78 is 7.23. The number of imidazole rings is 1. The molecule has 0 unspecified atom stereocenters. The number of pyridine rings is 1. The quantitative estimate of drug-likeness (QED) is 0.392. The molecule has 2 aromatic carbocycles. The highest BCUT2D eigenvalue weighted by Gasteiger charge is 2.34. The van der Waals surface area contributed by atoms with Crippen molar-refractivity contribution >= 4 is 40.3 Å². The van der Waals surface area contributed by atoms with Gasteiger partial charge >= 0.3 is 0 Å². The number of rotatable bonds is 3. The van der Waals surface area contributed by atoms with Crippen molar-refractivity contribution in [2.24, 2.45) is 7.05 Å². The molecule has 9 nitrogen and oxygen atoms in total. The zero-order chi connectivity index (χ0) is 26.4. The number of hydrogen-bond acceptors (Lipinski definition) is 6. The molecule has 38 heavy (non-hydrogen) atoms. The second-order valence-corrected chi connectivity index (χ2v) is 9.39. The van der Waals surface area contributed by atoms with Crippen LogP contribution in [-0.2, 0) is 16.6 Å². The van der Waals surface area contributed by atoms with Crippen molar-refractivity contribution in [2.75, 3.05) is 31.2 Å². The minimum atomic E-state index is -0.258. The van der Waals surface area contributed by atoms with Gasteiger partial charge in [0.25, 0.3) is 5.91 Å². The molecule has 1 fully saturated rings. The van der Waals surface area contributed by atoms with E-state index in [4.69, 9.17) is 9.72 Å². The van der Waals surface area contributed by atoms with E-state index < -0.39 is 0 Å². The van der Waals surface area contributed by atoms with Crippen LogP contribution in [-0.4, -0.2) is 63.3 Å². The fourth-order valence-electron chi connectivity index (χ4n) is 5.01. The van der Waals surface area contributed by atoms with E-state index in [9.17, 15) is 14.4 Å². The molecule has 2 aliphatic rings. The Labute approximate surface area is 219 Å². The first kappa shape index (κ1) is 23.7. The molecule has 2 amide bonds. The predicted octanol–water partition coefficient (Wildman–Crippen LogP) is 3.70. The molecule has 1 saturated heterocycles. The van der Waals surface area contributed by atoms with E-state index in [2.05, 4.69) is 4.98 Å². The molecule has 0 N–H and O–H groups in total. The number of morpholine rings is 1.